The van der Waals surface area contributed by atoms with Gasteiger partial charge in [0, 0.05) is 30.4 Å². The molecule has 1 aromatic carbocycles. The molecule has 156 valence electrons. The van der Waals surface area contributed by atoms with Crippen molar-refractivity contribution in [2.75, 3.05) is 19.6 Å². The topological polar surface area (TPSA) is 67.2 Å². The minimum Gasteiger partial charge on any atom is -0.349 e. The zero-order valence-electron chi connectivity index (χ0n) is 17.5. The van der Waals surface area contributed by atoms with Crippen LogP contribution in [0.3, 0.4) is 0 Å². The molecule has 1 fully saturated rings. The van der Waals surface area contributed by atoms with Crippen LogP contribution in [0.2, 0.25) is 0 Å². The first-order valence-electron chi connectivity index (χ1n) is 10.1. The molecular weight excluding hydrogens is 371 g/mol. The van der Waals surface area contributed by atoms with Gasteiger partial charge in [-0.15, -0.1) is 0 Å². The van der Waals surface area contributed by atoms with Crippen molar-refractivity contribution < 1.29 is 9.18 Å². The zero-order chi connectivity index (χ0) is 21.2. The Morgan fingerprint density at radius 3 is 2.76 bits per heavy atom. The van der Waals surface area contributed by atoms with Crippen molar-refractivity contribution in [3.8, 4) is 5.69 Å². The highest BCUT2D eigenvalue weighted by Crippen LogP contribution is 2.23. The van der Waals surface area contributed by atoms with Gasteiger partial charge in [-0.2, -0.15) is 5.10 Å². The molecule has 1 saturated heterocycles. The van der Waals surface area contributed by atoms with Crippen LogP contribution in [0.1, 0.15) is 49.8 Å². The van der Waals surface area contributed by atoms with Gasteiger partial charge in [0.15, 0.2) is 5.69 Å². The van der Waals surface area contributed by atoms with Crippen LogP contribution in [-0.4, -0.2) is 45.8 Å². The minimum absolute atomic E-state index is 0.196. The number of benzene rings is 1. The fourth-order valence-electron chi connectivity index (χ4n) is 3.80. The van der Waals surface area contributed by atoms with Gasteiger partial charge in [0.2, 0.25) is 5.43 Å². The first kappa shape index (κ1) is 21.2. The second-order valence-electron chi connectivity index (χ2n) is 8.55. The highest BCUT2D eigenvalue weighted by molar-refractivity contribution is 5.92. The summed E-state index contributed by atoms with van der Waals surface area (Å²) < 4.78 is 15.5. The highest BCUT2D eigenvalue weighted by atomic mass is 19.1. The molecule has 1 N–H and O–H groups in total. The lowest BCUT2D eigenvalue weighted by Gasteiger charge is -2.43. The van der Waals surface area contributed by atoms with Crippen LogP contribution >= 0.6 is 0 Å². The fourth-order valence-corrected chi connectivity index (χ4v) is 3.80. The molecule has 0 spiro atoms. The lowest BCUT2D eigenvalue weighted by Crippen LogP contribution is -2.55. The van der Waals surface area contributed by atoms with E-state index >= 15 is 0 Å². The van der Waals surface area contributed by atoms with Crippen LogP contribution in [0.15, 0.2) is 35.1 Å². The summed E-state index contributed by atoms with van der Waals surface area (Å²) in [5.41, 5.74) is -0.292. The maximum Gasteiger partial charge on any atom is 0.275 e. The molecule has 7 heteroatoms. The van der Waals surface area contributed by atoms with Gasteiger partial charge in [-0.05, 0) is 58.2 Å². The fraction of sp³-hybridized carbons (Fsp3) is 0.500. The average Bonchev–Trinajstić information content (AvgIpc) is 2.67. The Labute approximate surface area is 170 Å². The van der Waals surface area contributed by atoms with Crippen molar-refractivity contribution in [3.63, 3.8) is 0 Å². The molecule has 1 aromatic heterocycles. The van der Waals surface area contributed by atoms with Crippen molar-refractivity contribution in [3.05, 3.63) is 57.8 Å². The van der Waals surface area contributed by atoms with Crippen molar-refractivity contribution in [2.45, 2.75) is 46.1 Å². The number of likely N-dealkylation sites (tertiary alicyclic amines) is 1. The predicted octanol–water partition coefficient (Wildman–Crippen LogP) is 2.92. The number of nitrogens with one attached hydrogen (secondary N) is 1. The van der Waals surface area contributed by atoms with Crippen molar-refractivity contribution >= 4 is 5.91 Å². The van der Waals surface area contributed by atoms with E-state index in [9.17, 15) is 14.0 Å². The van der Waals surface area contributed by atoms with Crippen LogP contribution in [0.25, 0.3) is 5.69 Å². The van der Waals surface area contributed by atoms with Crippen LogP contribution < -0.4 is 10.7 Å². The molecule has 6 nitrogen and oxygen atoms in total. The Balaban J connectivity index is 1.80. The second kappa shape index (κ2) is 8.45. The normalized spacial score (nSPS) is 17.9. The van der Waals surface area contributed by atoms with Gasteiger partial charge in [-0.1, -0.05) is 19.1 Å². The number of piperidine rings is 1. The van der Waals surface area contributed by atoms with Crippen molar-refractivity contribution in [1.29, 1.82) is 0 Å². The molecule has 1 unspecified atom stereocenters. The standard InChI is InChI=1S/C22H29FN4O2/c1-15-8-7-11-26(13-15)22(3,4)14-24-21(29)20-19(28)12-16(2)27(25-20)18-10-6-5-9-17(18)23/h5-6,9-10,12,15H,7-8,11,13-14H2,1-4H3,(H,24,29). The van der Waals surface area contributed by atoms with Crippen LogP contribution in [0.4, 0.5) is 4.39 Å². The predicted molar refractivity (Wildman–Crippen MR) is 111 cm³/mol. The Morgan fingerprint density at radius 2 is 2.07 bits per heavy atom. The monoisotopic (exact) mass is 400 g/mol. The quantitative estimate of drug-likeness (QED) is 0.838. The van der Waals surface area contributed by atoms with E-state index in [1.165, 1.54) is 23.2 Å². The number of carbonyl (C=O) groups excluding carboxylic acids is 1. The van der Waals surface area contributed by atoms with Crippen LogP contribution in [0.5, 0.6) is 0 Å². The molecule has 1 atom stereocenters. The zero-order valence-corrected chi connectivity index (χ0v) is 17.5. The molecular formula is C22H29FN4O2. The molecule has 1 aliphatic rings. The number of rotatable bonds is 5. The summed E-state index contributed by atoms with van der Waals surface area (Å²) in [5.74, 6) is -0.387. The number of hydrogen-bond acceptors (Lipinski definition) is 4. The first-order valence-corrected chi connectivity index (χ1v) is 10.1. The SMILES string of the molecule is Cc1cc(=O)c(C(=O)NCC(C)(C)N2CCCC(C)C2)nn1-c1ccccc1F. The molecule has 0 saturated carbocycles. The second-order valence-corrected chi connectivity index (χ2v) is 8.55. The van der Waals surface area contributed by atoms with Gasteiger partial charge in [0.1, 0.15) is 11.5 Å². The van der Waals surface area contributed by atoms with E-state index in [-0.39, 0.29) is 16.9 Å². The van der Waals surface area contributed by atoms with Gasteiger partial charge in [-0.25, -0.2) is 9.07 Å². The van der Waals surface area contributed by atoms with Gasteiger partial charge < -0.3 is 5.32 Å². The summed E-state index contributed by atoms with van der Waals surface area (Å²) in [6.45, 7) is 10.5. The molecule has 0 radical (unpaired) electrons. The van der Waals surface area contributed by atoms with E-state index in [1.54, 1.807) is 25.1 Å². The maximum atomic E-state index is 14.2. The number of amides is 1. The summed E-state index contributed by atoms with van der Waals surface area (Å²) in [7, 11) is 0. The number of carbonyl (C=O) groups is 1. The average molecular weight is 400 g/mol. The minimum atomic E-state index is -0.543. The molecule has 0 bridgehead atoms. The molecule has 3 rings (SSSR count). The highest BCUT2D eigenvalue weighted by Gasteiger charge is 2.31. The Hall–Kier alpha value is -2.54. The van der Waals surface area contributed by atoms with E-state index in [1.807, 2.05) is 0 Å². The summed E-state index contributed by atoms with van der Waals surface area (Å²) in [6.07, 6.45) is 2.37. The summed E-state index contributed by atoms with van der Waals surface area (Å²) >= 11 is 0. The van der Waals surface area contributed by atoms with Gasteiger partial charge in [0.25, 0.3) is 5.91 Å². The maximum absolute atomic E-state index is 14.2. The number of aryl methyl sites for hydroxylation is 1. The molecule has 2 heterocycles. The largest absolute Gasteiger partial charge is 0.349 e. The number of halogens is 1. The number of aromatic nitrogens is 2. The van der Waals surface area contributed by atoms with Crippen LogP contribution in [0, 0.1) is 18.7 Å². The van der Waals surface area contributed by atoms with E-state index in [0.717, 1.165) is 19.5 Å². The van der Waals surface area contributed by atoms with E-state index < -0.39 is 17.2 Å². The summed E-state index contributed by atoms with van der Waals surface area (Å²) in [5, 5.41) is 7.02. The third-order valence-electron chi connectivity index (χ3n) is 5.60. The molecule has 2 aromatic rings. The van der Waals surface area contributed by atoms with E-state index in [0.29, 0.717) is 18.2 Å². The summed E-state index contributed by atoms with van der Waals surface area (Å²) in [6, 6.07) is 7.44. The van der Waals surface area contributed by atoms with Crippen molar-refractivity contribution in [2.24, 2.45) is 5.92 Å². The third kappa shape index (κ3) is 4.72. The lowest BCUT2D eigenvalue weighted by atomic mass is 9.93. The molecule has 0 aliphatic carbocycles. The number of hydrogen-bond donors (Lipinski definition) is 1. The molecule has 1 aliphatic heterocycles. The van der Waals surface area contributed by atoms with Crippen LogP contribution in [-0.2, 0) is 0 Å². The number of nitrogens with zero attached hydrogens (tertiary/aromatic N) is 3. The van der Waals surface area contributed by atoms with E-state index in [2.05, 4.69) is 36.1 Å². The van der Waals surface area contributed by atoms with E-state index in [4.69, 9.17) is 0 Å². The molecule has 1 amide bonds. The lowest BCUT2D eigenvalue weighted by molar-refractivity contribution is 0.0655. The van der Waals surface area contributed by atoms with Gasteiger partial charge in [-0.3, -0.25) is 14.5 Å². The van der Waals surface area contributed by atoms with Gasteiger partial charge >= 0.3 is 0 Å². The Morgan fingerprint density at radius 1 is 1.34 bits per heavy atom. The first-order chi connectivity index (χ1) is 13.7. The van der Waals surface area contributed by atoms with Crippen molar-refractivity contribution in [1.82, 2.24) is 20.0 Å². The Kier molecular flexibility index (Phi) is 6.17. The Bertz CT molecular complexity index is 954. The third-order valence-corrected chi connectivity index (χ3v) is 5.60. The molecule has 29 heavy (non-hydrogen) atoms. The van der Waals surface area contributed by atoms with Gasteiger partial charge in [0.05, 0.1) is 0 Å². The summed E-state index contributed by atoms with van der Waals surface area (Å²) in [4.78, 5) is 27.5. The number of para-hydroxylation sites is 1. The smallest absolute Gasteiger partial charge is 0.275 e.